The summed E-state index contributed by atoms with van der Waals surface area (Å²) in [6.45, 7) is 6.25. The smallest absolute Gasteiger partial charge is 0.246 e. The first-order valence-corrected chi connectivity index (χ1v) is 7.78. The van der Waals surface area contributed by atoms with E-state index in [1.807, 2.05) is 69.3 Å². The third-order valence-corrected chi connectivity index (χ3v) is 3.60. The minimum atomic E-state index is 0.0229. The lowest BCUT2D eigenvalue weighted by molar-refractivity contribution is -0.117. The number of para-hydroxylation sites is 1. The molecule has 0 fully saturated rings. The number of aryl methyl sites for hydroxylation is 1. The SMILES string of the molecule is COc1ccc(C)cc1NCC(=O)N(c1ccccc1)C(C)C. The van der Waals surface area contributed by atoms with Crippen molar-refractivity contribution in [2.75, 3.05) is 23.9 Å². The molecule has 122 valence electrons. The molecule has 0 unspecified atom stereocenters. The van der Waals surface area contributed by atoms with Crippen LogP contribution in [0.25, 0.3) is 0 Å². The number of methoxy groups -OCH3 is 1. The number of carbonyl (C=O) groups excluding carboxylic acids is 1. The van der Waals surface area contributed by atoms with E-state index in [1.54, 1.807) is 12.0 Å². The number of nitrogens with zero attached hydrogens (tertiary/aromatic N) is 1. The molecule has 0 radical (unpaired) electrons. The van der Waals surface area contributed by atoms with Gasteiger partial charge in [0, 0.05) is 11.7 Å². The molecule has 0 bridgehead atoms. The van der Waals surface area contributed by atoms with E-state index in [-0.39, 0.29) is 18.5 Å². The zero-order valence-corrected chi connectivity index (χ0v) is 14.2. The molecular formula is C19H24N2O2. The summed E-state index contributed by atoms with van der Waals surface area (Å²) in [6, 6.07) is 15.7. The minimum Gasteiger partial charge on any atom is -0.495 e. The molecule has 1 amide bonds. The normalized spacial score (nSPS) is 10.5. The van der Waals surface area contributed by atoms with Crippen LogP contribution in [-0.2, 0) is 4.79 Å². The van der Waals surface area contributed by atoms with Crippen molar-refractivity contribution >= 4 is 17.3 Å². The van der Waals surface area contributed by atoms with Gasteiger partial charge in [-0.15, -0.1) is 0 Å². The van der Waals surface area contributed by atoms with Crippen LogP contribution in [0, 0.1) is 6.92 Å². The molecule has 23 heavy (non-hydrogen) atoms. The second kappa shape index (κ2) is 7.68. The highest BCUT2D eigenvalue weighted by Gasteiger charge is 2.18. The van der Waals surface area contributed by atoms with E-state index in [2.05, 4.69) is 5.32 Å². The van der Waals surface area contributed by atoms with Crippen LogP contribution in [0.15, 0.2) is 48.5 Å². The molecule has 0 aliphatic rings. The van der Waals surface area contributed by atoms with Gasteiger partial charge in [0.05, 0.1) is 19.3 Å². The van der Waals surface area contributed by atoms with E-state index in [0.717, 1.165) is 22.7 Å². The Bertz CT molecular complexity index is 654. The van der Waals surface area contributed by atoms with Crippen molar-refractivity contribution in [3.05, 3.63) is 54.1 Å². The largest absolute Gasteiger partial charge is 0.495 e. The Morgan fingerprint density at radius 2 is 1.87 bits per heavy atom. The predicted octanol–water partition coefficient (Wildman–Crippen LogP) is 3.86. The Kier molecular flexibility index (Phi) is 5.63. The van der Waals surface area contributed by atoms with Crippen LogP contribution in [0.2, 0.25) is 0 Å². The molecule has 2 aromatic carbocycles. The number of ether oxygens (including phenoxy) is 1. The number of carbonyl (C=O) groups is 1. The van der Waals surface area contributed by atoms with Gasteiger partial charge in [0.1, 0.15) is 5.75 Å². The van der Waals surface area contributed by atoms with Gasteiger partial charge in [-0.1, -0.05) is 24.3 Å². The molecule has 0 heterocycles. The lowest BCUT2D eigenvalue weighted by Gasteiger charge is -2.27. The van der Waals surface area contributed by atoms with Crippen molar-refractivity contribution in [3.8, 4) is 5.75 Å². The second-order valence-corrected chi connectivity index (χ2v) is 5.75. The Morgan fingerprint density at radius 3 is 2.48 bits per heavy atom. The zero-order chi connectivity index (χ0) is 16.8. The van der Waals surface area contributed by atoms with Gasteiger partial charge in [0.15, 0.2) is 0 Å². The van der Waals surface area contributed by atoms with Crippen LogP contribution in [0.4, 0.5) is 11.4 Å². The summed E-state index contributed by atoms with van der Waals surface area (Å²) in [5.74, 6) is 0.758. The molecule has 4 nitrogen and oxygen atoms in total. The van der Waals surface area contributed by atoms with E-state index in [1.165, 1.54) is 0 Å². The number of hydrogen-bond donors (Lipinski definition) is 1. The summed E-state index contributed by atoms with van der Waals surface area (Å²) in [7, 11) is 1.63. The molecule has 0 saturated heterocycles. The molecular weight excluding hydrogens is 288 g/mol. The van der Waals surface area contributed by atoms with E-state index in [4.69, 9.17) is 4.74 Å². The van der Waals surface area contributed by atoms with Crippen LogP contribution in [0.1, 0.15) is 19.4 Å². The highest BCUT2D eigenvalue weighted by atomic mass is 16.5. The number of amides is 1. The van der Waals surface area contributed by atoms with E-state index in [0.29, 0.717) is 0 Å². The zero-order valence-electron chi connectivity index (χ0n) is 14.2. The van der Waals surface area contributed by atoms with Gasteiger partial charge in [0.2, 0.25) is 5.91 Å². The molecule has 0 aliphatic heterocycles. The molecule has 2 aromatic rings. The molecule has 4 heteroatoms. The number of rotatable bonds is 6. The summed E-state index contributed by atoms with van der Waals surface area (Å²) in [5, 5.41) is 3.19. The van der Waals surface area contributed by atoms with Crippen molar-refractivity contribution in [1.29, 1.82) is 0 Å². The standard InChI is InChI=1S/C19H24N2O2/c1-14(2)21(16-8-6-5-7-9-16)19(22)13-20-17-12-15(3)10-11-18(17)23-4/h5-12,14,20H,13H2,1-4H3. The van der Waals surface area contributed by atoms with Crippen molar-refractivity contribution < 1.29 is 9.53 Å². The number of hydrogen-bond acceptors (Lipinski definition) is 3. The third kappa shape index (κ3) is 4.25. The highest BCUT2D eigenvalue weighted by Crippen LogP contribution is 2.25. The lowest BCUT2D eigenvalue weighted by atomic mass is 10.2. The molecule has 2 rings (SSSR count). The fraction of sp³-hybridized carbons (Fsp3) is 0.316. The first-order valence-electron chi connectivity index (χ1n) is 7.78. The average molecular weight is 312 g/mol. The Labute approximate surface area is 138 Å². The number of benzene rings is 2. The van der Waals surface area contributed by atoms with E-state index in [9.17, 15) is 4.79 Å². The third-order valence-electron chi connectivity index (χ3n) is 3.60. The summed E-state index contributed by atoms with van der Waals surface area (Å²) in [4.78, 5) is 14.5. The van der Waals surface area contributed by atoms with Crippen LogP contribution in [0.5, 0.6) is 5.75 Å². The van der Waals surface area contributed by atoms with Gasteiger partial charge in [-0.2, -0.15) is 0 Å². The maximum atomic E-state index is 12.7. The fourth-order valence-corrected chi connectivity index (χ4v) is 2.53. The Hall–Kier alpha value is -2.49. The molecule has 0 atom stereocenters. The van der Waals surface area contributed by atoms with Gasteiger partial charge in [-0.3, -0.25) is 4.79 Å². The Morgan fingerprint density at radius 1 is 1.17 bits per heavy atom. The van der Waals surface area contributed by atoms with Crippen LogP contribution >= 0.6 is 0 Å². The minimum absolute atomic E-state index is 0.0229. The highest BCUT2D eigenvalue weighted by molar-refractivity contribution is 5.96. The van der Waals surface area contributed by atoms with Gasteiger partial charge in [-0.25, -0.2) is 0 Å². The molecule has 0 saturated carbocycles. The van der Waals surface area contributed by atoms with Crippen LogP contribution < -0.4 is 15.0 Å². The van der Waals surface area contributed by atoms with Crippen LogP contribution in [-0.4, -0.2) is 25.6 Å². The predicted molar refractivity (Wildman–Crippen MR) is 95.3 cm³/mol. The van der Waals surface area contributed by atoms with Crippen molar-refractivity contribution in [1.82, 2.24) is 0 Å². The maximum Gasteiger partial charge on any atom is 0.246 e. The monoisotopic (exact) mass is 312 g/mol. The number of anilines is 2. The topological polar surface area (TPSA) is 41.6 Å². The maximum absolute atomic E-state index is 12.7. The molecule has 0 spiro atoms. The van der Waals surface area contributed by atoms with Gasteiger partial charge >= 0.3 is 0 Å². The first-order chi connectivity index (χ1) is 11.0. The quantitative estimate of drug-likeness (QED) is 0.880. The average Bonchev–Trinajstić information content (AvgIpc) is 2.54. The Balaban J connectivity index is 2.13. The summed E-state index contributed by atoms with van der Waals surface area (Å²) in [6.07, 6.45) is 0. The first kappa shape index (κ1) is 16.9. The van der Waals surface area contributed by atoms with Crippen molar-refractivity contribution in [2.45, 2.75) is 26.8 Å². The molecule has 0 aromatic heterocycles. The van der Waals surface area contributed by atoms with Crippen molar-refractivity contribution in [2.24, 2.45) is 0 Å². The molecule has 0 aliphatic carbocycles. The van der Waals surface area contributed by atoms with Gasteiger partial charge in [0.25, 0.3) is 0 Å². The summed E-state index contributed by atoms with van der Waals surface area (Å²) < 4.78 is 5.34. The van der Waals surface area contributed by atoms with Gasteiger partial charge < -0.3 is 15.0 Å². The van der Waals surface area contributed by atoms with E-state index >= 15 is 0 Å². The fourth-order valence-electron chi connectivity index (χ4n) is 2.53. The van der Waals surface area contributed by atoms with Crippen molar-refractivity contribution in [3.63, 3.8) is 0 Å². The number of nitrogens with one attached hydrogen (secondary N) is 1. The lowest BCUT2D eigenvalue weighted by Crippen LogP contribution is -2.40. The van der Waals surface area contributed by atoms with Crippen LogP contribution in [0.3, 0.4) is 0 Å². The van der Waals surface area contributed by atoms with Gasteiger partial charge in [-0.05, 0) is 50.6 Å². The molecule has 1 N–H and O–H groups in total. The van der Waals surface area contributed by atoms with E-state index < -0.39 is 0 Å². The second-order valence-electron chi connectivity index (χ2n) is 5.75. The summed E-state index contributed by atoms with van der Waals surface area (Å²) >= 11 is 0. The summed E-state index contributed by atoms with van der Waals surface area (Å²) in [5.41, 5.74) is 2.85.